The van der Waals surface area contributed by atoms with Crippen LogP contribution in [0, 0.1) is 0 Å². The molecule has 0 fully saturated rings. The lowest BCUT2D eigenvalue weighted by atomic mass is 10.7. The first-order chi connectivity index (χ1) is 4.13. The van der Waals surface area contributed by atoms with E-state index in [9.17, 15) is 13.6 Å². The van der Waals surface area contributed by atoms with Crippen LogP contribution in [0.1, 0.15) is 0 Å². The second-order valence-electron chi connectivity index (χ2n) is 0.965. The molecule has 0 aliphatic carbocycles. The third kappa shape index (κ3) is 6.80. The van der Waals surface area contributed by atoms with Crippen molar-refractivity contribution in [2.45, 2.75) is 6.61 Å². The van der Waals surface area contributed by atoms with Gasteiger partial charge in [0, 0.05) is 0 Å². The van der Waals surface area contributed by atoms with E-state index < -0.39 is 12.5 Å². The van der Waals surface area contributed by atoms with Gasteiger partial charge in [-0.05, 0) is 0 Å². The van der Waals surface area contributed by atoms with Crippen molar-refractivity contribution in [3.63, 3.8) is 0 Å². The number of carbonyl (C=O) groups is 1. The Labute approximate surface area is 49.3 Å². The molecular weight excluding hydrogens is 134 g/mol. The van der Waals surface area contributed by atoms with Gasteiger partial charge in [-0.25, -0.2) is 0 Å². The molecule has 1 amide bonds. The highest BCUT2D eigenvalue weighted by atomic mass is 19.3. The summed E-state index contributed by atoms with van der Waals surface area (Å²) in [5.74, 6) is -1.18. The first-order valence-electron chi connectivity index (χ1n) is 1.86. The van der Waals surface area contributed by atoms with E-state index in [1.54, 1.807) is 0 Å². The maximum atomic E-state index is 11.0. The molecule has 9 heavy (non-hydrogen) atoms. The Morgan fingerprint density at radius 1 is 1.78 bits per heavy atom. The van der Waals surface area contributed by atoms with Crippen LogP contribution in [0.25, 0.3) is 0 Å². The maximum absolute atomic E-state index is 11.0. The number of oxime groups is 1. The van der Waals surface area contributed by atoms with E-state index in [4.69, 9.17) is 5.73 Å². The minimum atomic E-state index is -3.04. The van der Waals surface area contributed by atoms with Gasteiger partial charge < -0.3 is 4.84 Å². The van der Waals surface area contributed by atoms with Crippen LogP contribution in [0.15, 0.2) is 5.16 Å². The molecule has 0 bridgehead atoms. The van der Waals surface area contributed by atoms with E-state index in [0.717, 1.165) is 0 Å². The molecule has 1 radical (unpaired) electrons. The van der Waals surface area contributed by atoms with Crippen LogP contribution >= 0.6 is 0 Å². The predicted octanol–water partition coefficient (Wildman–Crippen LogP) is 0.0209. The van der Waals surface area contributed by atoms with Crippen LogP contribution in [-0.2, 0) is 9.63 Å². The van der Waals surface area contributed by atoms with Crippen molar-refractivity contribution in [1.29, 1.82) is 0 Å². The van der Waals surface area contributed by atoms with Crippen molar-refractivity contribution < 1.29 is 18.4 Å². The van der Waals surface area contributed by atoms with Gasteiger partial charge in [0.2, 0.25) is 0 Å². The lowest BCUT2D eigenvalue weighted by Crippen LogP contribution is -2.00. The largest absolute Gasteiger partial charge is 0.407 e. The molecule has 0 atom stereocenters. The number of hydrogen-bond donors (Lipinski definition) is 0. The highest BCUT2D eigenvalue weighted by molar-refractivity contribution is 6.24. The predicted molar refractivity (Wildman–Crippen MR) is 23.7 cm³/mol. The summed E-state index contributed by atoms with van der Waals surface area (Å²) >= 11 is 0. The number of carbonyl (C=O) groups excluding carboxylic acids is 1. The first kappa shape index (κ1) is 7.80. The monoisotopic (exact) mass is 137 g/mol. The van der Waals surface area contributed by atoms with Gasteiger partial charge >= 0.3 is 6.61 Å². The van der Waals surface area contributed by atoms with Crippen LogP contribution in [0.3, 0.4) is 0 Å². The number of rotatable bonds is 3. The number of halogens is 2. The Balaban J connectivity index is 3.36. The number of alkyl halides is 2. The third-order valence-corrected chi connectivity index (χ3v) is 0.310. The Morgan fingerprint density at radius 3 is 2.67 bits per heavy atom. The van der Waals surface area contributed by atoms with E-state index in [1.807, 2.05) is 0 Å². The van der Waals surface area contributed by atoms with Gasteiger partial charge in [-0.1, -0.05) is 5.16 Å². The van der Waals surface area contributed by atoms with Gasteiger partial charge in [-0.2, -0.15) is 8.78 Å². The fourth-order valence-corrected chi connectivity index (χ4v) is 0.124. The summed E-state index contributed by atoms with van der Waals surface area (Å²) < 4.78 is 22.0. The zero-order chi connectivity index (χ0) is 7.28. The lowest BCUT2D eigenvalue weighted by molar-refractivity contribution is -0.128. The third-order valence-electron chi connectivity index (χ3n) is 0.310. The molecule has 51 valence electrons. The zero-order valence-corrected chi connectivity index (χ0v) is 4.17. The molecule has 0 unspecified atom stereocenters. The van der Waals surface area contributed by atoms with Crippen molar-refractivity contribution in [3.05, 3.63) is 0 Å². The van der Waals surface area contributed by atoms with E-state index >= 15 is 0 Å². The first-order valence-corrected chi connectivity index (χ1v) is 1.86. The Morgan fingerprint density at radius 2 is 2.33 bits per heavy atom. The van der Waals surface area contributed by atoms with Crippen LogP contribution in [0.4, 0.5) is 8.78 Å². The molecule has 0 aliphatic heterocycles. The summed E-state index contributed by atoms with van der Waals surface area (Å²) in [7, 11) is 0. The Hall–Kier alpha value is -1.20. The fraction of sp³-hybridized carbons (Fsp3) is 0.333. The van der Waals surface area contributed by atoms with Crippen molar-refractivity contribution in [2.24, 2.45) is 5.16 Å². The van der Waals surface area contributed by atoms with Crippen LogP contribution in [0.5, 0.6) is 0 Å². The van der Waals surface area contributed by atoms with E-state index in [1.165, 1.54) is 0 Å². The molecule has 0 aliphatic rings. The average Bonchev–Trinajstić information content (AvgIpc) is 1.63. The van der Waals surface area contributed by atoms with Crippen molar-refractivity contribution in [2.75, 3.05) is 0 Å². The minimum absolute atomic E-state index is 0.339. The van der Waals surface area contributed by atoms with Crippen molar-refractivity contribution in [3.8, 4) is 0 Å². The molecule has 4 nitrogen and oxygen atoms in total. The Kier molecular flexibility index (Phi) is 3.26. The number of nitrogens with one attached hydrogen (secondary N) is 1. The maximum Gasteiger partial charge on any atom is 0.407 e. The summed E-state index contributed by atoms with van der Waals surface area (Å²) in [6.07, 6.45) is 0.339. The molecule has 0 rings (SSSR count). The van der Waals surface area contributed by atoms with Gasteiger partial charge in [-0.3, -0.25) is 10.5 Å². The van der Waals surface area contributed by atoms with Gasteiger partial charge in [-0.15, -0.1) is 0 Å². The fourth-order valence-electron chi connectivity index (χ4n) is 0.124. The highest BCUT2D eigenvalue weighted by Crippen LogP contribution is 1.92. The molecule has 0 aromatic rings. The summed E-state index contributed by atoms with van der Waals surface area (Å²) in [5, 5.41) is 2.46. The molecule has 0 aromatic heterocycles. The van der Waals surface area contributed by atoms with Crippen LogP contribution in [-0.4, -0.2) is 18.7 Å². The molecule has 0 spiro atoms. The summed E-state index contributed by atoms with van der Waals surface area (Å²) in [4.78, 5) is 12.9. The number of hydrogen-bond acceptors (Lipinski definition) is 3. The highest BCUT2D eigenvalue weighted by Gasteiger charge is 1.97. The topological polar surface area (TPSA) is 62.5 Å². The summed E-state index contributed by atoms with van der Waals surface area (Å²) in [6, 6.07) is 0. The molecule has 0 saturated heterocycles. The summed E-state index contributed by atoms with van der Waals surface area (Å²) in [5.41, 5.74) is 6.11. The SMILES string of the molecule is [NH]C(=O)/C=N\OC(F)F. The smallest absolute Gasteiger partial charge is 0.326 e. The van der Waals surface area contributed by atoms with Crippen LogP contribution in [0.2, 0.25) is 0 Å². The second kappa shape index (κ2) is 3.76. The molecular formula is C3H3F2N2O2. The standard InChI is InChI=1S/C3H3F2N2O2/c4-3(5)9-7-1-2(6)8/h1,3,6H/b7-1-. The zero-order valence-electron chi connectivity index (χ0n) is 4.17. The molecule has 6 heteroatoms. The number of nitrogens with zero attached hydrogens (tertiary/aromatic N) is 1. The number of amides is 1. The average molecular weight is 137 g/mol. The van der Waals surface area contributed by atoms with Crippen molar-refractivity contribution >= 4 is 12.1 Å². The molecule has 0 aromatic carbocycles. The normalized spacial score (nSPS) is 10.6. The van der Waals surface area contributed by atoms with Gasteiger partial charge in [0.05, 0.1) is 0 Å². The lowest BCUT2D eigenvalue weighted by Gasteiger charge is -1.90. The van der Waals surface area contributed by atoms with Crippen LogP contribution < -0.4 is 5.73 Å². The van der Waals surface area contributed by atoms with Gasteiger partial charge in [0.15, 0.2) is 0 Å². The Bertz CT molecular complexity index is 125. The van der Waals surface area contributed by atoms with Gasteiger partial charge in [0.25, 0.3) is 5.91 Å². The van der Waals surface area contributed by atoms with E-state index in [-0.39, 0.29) is 0 Å². The van der Waals surface area contributed by atoms with Gasteiger partial charge in [0.1, 0.15) is 6.21 Å². The molecule has 1 N–H and O–H groups in total. The quantitative estimate of drug-likeness (QED) is 0.406. The summed E-state index contributed by atoms with van der Waals surface area (Å²) in [6.45, 7) is -3.04. The van der Waals surface area contributed by atoms with E-state index in [0.29, 0.717) is 6.21 Å². The second-order valence-corrected chi connectivity index (χ2v) is 0.965. The van der Waals surface area contributed by atoms with Crippen molar-refractivity contribution in [1.82, 2.24) is 5.73 Å². The van der Waals surface area contributed by atoms with E-state index in [2.05, 4.69) is 9.99 Å². The molecule has 0 saturated carbocycles. The minimum Gasteiger partial charge on any atom is -0.326 e. The molecule has 0 heterocycles.